The van der Waals surface area contributed by atoms with Crippen LogP contribution in [-0.2, 0) is 0 Å². The molecule has 0 spiro atoms. The lowest BCUT2D eigenvalue weighted by molar-refractivity contribution is 0.396. The molecule has 11 heavy (non-hydrogen) atoms. The smallest absolute Gasteiger partial charge is 0.126 e. The minimum absolute atomic E-state index is 0.731. The predicted octanol–water partition coefficient (Wildman–Crippen LogP) is 2.48. The van der Waals surface area contributed by atoms with Crippen LogP contribution in [0.2, 0.25) is 0 Å². The largest absolute Gasteiger partial charge is 0.363 e. The number of hydrogen-bond donors (Lipinski definition) is 0. The maximum Gasteiger partial charge on any atom is 0.126 e. The van der Waals surface area contributed by atoms with Gasteiger partial charge in [0.1, 0.15) is 11.8 Å². The molecular formula is C8H13BrN2. The lowest BCUT2D eigenvalue weighted by Crippen LogP contribution is -2.21. The van der Waals surface area contributed by atoms with Crippen LogP contribution in [0.3, 0.4) is 0 Å². The number of allylic oxidation sites excluding steroid dienone is 2. The molecule has 62 valence electrons. The van der Waals surface area contributed by atoms with E-state index in [2.05, 4.69) is 22.0 Å². The van der Waals surface area contributed by atoms with E-state index in [4.69, 9.17) is 5.26 Å². The van der Waals surface area contributed by atoms with Crippen molar-refractivity contribution in [1.29, 1.82) is 5.26 Å². The monoisotopic (exact) mass is 216 g/mol. The Balaban J connectivity index is 4.52. The average Bonchev–Trinajstić information content (AvgIpc) is 1.99. The van der Waals surface area contributed by atoms with Gasteiger partial charge in [0.05, 0.1) is 0 Å². The van der Waals surface area contributed by atoms with Gasteiger partial charge in [-0.05, 0) is 20.8 Å². The number of nitriles is 1. The van der Waals surface area contributed by atoms with E-state index in [1.807, 2.05) is 25.7 Å². The molecule has 0 aromatic carbocycles. The van der Waals surface area contributed by atoms with Crippen molar-refractivity contribution in [2.24, 2.45) is 0 Å². The van der Waals surface area contributed by atoms with Crippen molar-refractivity contribution in [3.05, 3.63) is 10.2 Å². The van der Waals surface area contributed by atoms with E-state index in [9.17, 15) is 0 Å². The number of halogens is 1. The van der Waals surface area contributed by atoms with Crippen molar-refractivity contribution in [2.75, 3.05) is 13.1 Å². The SMILES string of the molecule is CCN(CC)/C(C#N)=C(\C)Br. The molecule has 0 fully saturated rings. The zero-order valence-electron chi connectivity index (χ0n) is 7.19. The van der Waals surface area contributed by atoms with Crippen molar-refractivity contribution in [2.45, 2.75) is 20.8 Å². The van der Waals surface area contributed by atoms with Crippen molar-refractivity contribution < 1.29 is 0 Å². The minimum Gasteiger partial charge on any atom is -0.363 e. The summed E-state index contributed by atoms with van der Waals surface area (Å²) in [6.45, 7) is 7.72. The zero-order valence-corrected chi connectivity index (χ0v) is 8.77. The maximum atomic E-state index is 8.75. The summed E-state index contributed by atoms with van der Waals surface area (Å²) in [4.78, 5) is 2.02. The van der Waals surface area contributed by atoms with Gasteiger partial charge < -0.3 is 4.90 Å². The van der Waals surface area contributed by atoms with Crippen LogP contribution in [0.25, 0.3) is 0 Å². The Morgan fingerprint density at radius 1 is 1.45 bits per heavy atom. The van der Waals surface area contributed by atoms with Gasteiger partial charge in [-0.25, -0.2) is 0 Å². The maximum absolute atomic E-state index is 8.75. The summed E-state index contributed by atoms with van der Waals surface area (Å²) in [5.41, 5.74) is 0.731. The van der Waals surface area contributed by atoms with Gasteiger partial charge in [0.15, 0.2) is 0 Å². The highest BCUT2D eigenvalue weighted by Gasteiger charge is 2.05. The molecule has 0 atom stereocenters. The van der Waals surface area contributed by atoms with Crippen LogP contribution >= 0.6 is 15.9 Å². The number of rotatable bonds is 3. The summed E-state index contributed by atoms with van der Waals surface area (Å²) in [6.07, 6.45) is 0. The van der Waals surface area contributed by atoms with Gasteiger partial charge in [0, 0.05) is 17.6 Å². The molecule has 3 heteroatoms. The lowest BCUT2D eigenvalue weighted by Gasteiger charge is -2.19. The van der Waals surface area contributed by atoms with Gasteiger partial charge in [0.25, 0.3) is 0 Å². The van der Waals surface area contributed by atoms with Crippen LogP contribution < -0.4 is 0 Å². The summed E-state index contributed by atoms with van der Waals surface area (Å²) in [5, 5.41) is 8.75. The van der Waals surface area contributed by atoms with E-state index < -0.39 is 0 Å². The normalized spacial score (nSPS) is 11.9. The van der Waals surface area contributed by atoms with E-state index in [1.54, 1.807) is 0 Å². The summed E-state index contributed by atoms with van der Waals surface area (Å²) >= 11 is 3.30. The van der Waals surface area contributed by atoms with Crippen molar-refractivity contribution in [1.82, 2.24) is 4.90 Å². The first-order valence-electron chi connectivity index (χ1n) is 3.68. The third-order valence-electron chi connectivity index (χ3n) is 1.51. The number of hydrogen-bond acceptors (Lipinski definition) is 2. The Labute approximate surface area is 76.6 Å². The van der Waals surface area contributed by atoms with Crippen LogP contribution in [0.5, 0.6) is 0 Å². The molecule has 0 rings (SSSR count). The van der Waals surface area contributed by atoms with Crippen LogP contribution in [-0.4, -0.2) is 18.0 Å². The highest BCUT2D eigenvalue weighted by Crippen LogP contribution is 2.13. The first kappa shape index (κ1) is 10.5. The number of nitrogens with zero attached hydrogens (tertiary/aromatic N) is 2. The fraction of sp³-hybridized carbons (Fsp3) is 0.625. The molecule has 0 aromatic heterocycles. The van der Waals surface area contributed by atoms with Crippen LogP contribution in [0, 0.1) is 11.3 Å². The van der Waals surface area contributed by atoms with Crippen molar-refractivity contribution in [3.63, 3.8) is 0 Å². The fourth-order valence-corrected chi connectivity index (χ4v) is 1.24. The predicted molar refractivity (Wildman–Crippen MR) is 50.2 cm³/mol. The van der Waals surface area contributed by atoms with Crippen LogP contribution in [0.15, 0.2) is 10.2 Å². The Morgan fingerprint density at radius 2 is 1.91 bits per heavy atom. The van der Waals surface area contributed by atoms with Crippen molar-refractivity contribution in [3.8, 4) is 6.07 Å². The second-order valence-electron chi connectivity index (χ2n) is 2.17. The third-order valence-corrected chi connectivity index (χ3v) is 1.89. The Morgan fingerprint density at radius 3 is 2.00 bits per heavy atom. The van der Waals surface area contributed by atoms with Gasteiger partial charge in [0.2, 0.25) is 0 Å². The zero-order chi connectivity index (χ0) is 8.85. The third kappa shape index (κ3) is 2.94. The van der Waals surface area contributed by atoms with E-state index >= 15 is 0 Å². The second kappa shape index (κ2) is 5.20. The van der Waals surface area contributed by atoms with Crippen LogP contribution in [0.4, 0.5) is 0 Å². The highest BCUT2D eigenvalue weighted by molar-refractivity contribution is 9.11. The quantitative estimate of drug-likeness (QED) is 0.679. The molecule has 0 saturated heterocycles. The summed E-state index contributed by atoms with van der Waals surface area (Å²) in [5.74, 6) is 0. The molecule has 0 unspecified atom stereocenters. The fourth-order valence-electron chi connectivity index (χ4n) is 0.905. The molecule has 0 bridgehead atoms. The second-order valence-corrected chi connectivity index (χ2v) is 3.36. The lowest BCUT2D eigenvalue weighted by atomic mass is 10.3. The molecule has 0 aliphatic rings. The molecule has 2 nitrogen and oxygen atoms in total. The van der Waals surface area contributed by atoms with E-state index in [-0.39, 0.29) is 0 Å². The van der Waals surface area contributed by atoms with Crippen LogP contribution in [0.1, 0.15) is 20.8 Å². The molecule has 0 saturated carbocycles. The Bertz CT molecular complexity index is 183. The summed E-state index contributed by atoms with van der Waals surface area (Å²) in [6, 6.07) is 2.16. The van der Waals surface area contributed by atoms with E-state index in [1.165, 1.54) is 0 Å². The Hall–Kier alpha value is -0.490. The summed E-state index contributed by atoms with van der Waals surface area (Å²) in [7, 11) is 0. The van der Waals surface area contributed by atoms with Gasteiger partial charge in [-0.15, -0.1) is 0 Å². The van der Waals surface area contributed by atoms with Gasteiger partial charge in [-0.1, -0.05) is 15.9 Å². The van der Waals surface area contributed by atoms with Gasteiger partial charge >= 0.3 is 0 Å². The molecule has 0 aliphatic heterocycles. The molecule has 0 aromatic rings. The van der Waals surface area contributed by atoms with E-state index in [0.29, 0.717) is 0 Å². The van der Waals surface area contributed by atoms with Gasteiger partial charge in [-0.3, -0.25) is 0 Å². The van der Waals surface area contributed by atoms with E-state index in [0.717, 1.165) is 23.3 Å². The molecule has 0 aliphatic carbocycles. The first-order valence-corrected chi connectivity index (χ1v) is 4.48. The van der Waals surface area contributed by atoms with Gasteiger partial charge in [-0.2, -0.15) is 5.26 Å². The van der Waals surface area contributed by atoms with Crippen molar-refractivity contribution >= 4 is 15.9 Å². The average molecular weight is 217 g/mol. The minimum atomic E-state index is 0.731. The summed E-state index contributed by atoms with van der Waals surface area (Å²) < 4.78 is 0.906. The molecule has 0 amide bonds. The molecule has 0 N–H and O–H groups in total. The topological polar surface area (TPSA) is 27.0 Å². The molecular weight excluding hydrogens is 204 g/mol. The standard InChI is InChI=1S/C8H13BrN2/c1-4-11(5-2)8(6-10)7(3)9/h4-5H2,1-3H3/b8-7+. The molecule has 0 heterocycles. The first-order chi connectivity index (χ1) is 5.17. The molecule has 0 radical (unpaired) electrons. The highest BCUT2D eigenvalue weighted by atomic mass is 79.9. The Kier molecular flexibility index (Phi) is 4.97.